The van der Waals surface area contributed by atoms with Crippen LogP contribution in [0.15, 0.2) is 18.2 Å². The Morgan fingerprint density at radius 1 is 1.14 bits per heavy atom. The van der Waals surface area contributed by atoms with Gasteiger partial charge in [-0.1, -0.05) is 5.21 Å². The molecule has 2 fully saturated rings. The first-order valence-corrected chi connectivity index (χ1v) is 9.70. The van der Waals surface area contributed by atoms with E-state index in [1.165, 1.54) is 12.1 Å². The lowest BCUT2D eigenvalue weighted by atomic mass is 10.1. The fourth-order valence-electron chi connectivity index (χ4n) is 3.73. The summed E-state index contributed by atoms with van der Waals surface area (Å²) < 4.78 is 34.5. The molecule has 1 unspecified atom stereocenters. The van der Waals surface area contributed by atoms with Crippen LogP contribution in [0.5, 0.6) is 0 Å². The van der Waals surface area contributed by atoms with E-state index in [2.05, 4.69) is 25.2 Å². The van der Waals surface area contributed by atoms with E-state index in [1.54, 1.807) is 4.68 Å². The lowest BCUT2D eigenvalue weighted by Gasteiger charge is -2.32. The third-order valence-electron chi connectivity index (χ3n) is 5.28. The molecular formula is C19H21F2N7O. The summed E-state index contributed by atoms with van der Waals surface area (Å²) in [6.07, 6.45) is 2.01. The average Bonchev–Trinajstić information content (AvgIpc) is 3.44. The Bertz CT molecular complexity index is 1030. The second kappa shape index (κ2) is 7.27. The predicted octanol–water partition coefficient (Wildman–Crippen LogP) is 1.86. The molecule has 2 N–H and O–H groups in total. The van der Waals surface area contributed by atoms with Gasteiger partial charge >= 0.3 is 0 Å². The molecule has 3 aromatic rings. The van der Waals surface area contributed by atoms with Gasteiger partial charge in [0, 0.05) is 31.6 Å². The summed E-state index contributed by atoms with van der Waals surface area (Å²) in [6.45, 7) is 2.74. The number of hydrogen-bond donors (Lipinski definition) is 1. The number of nitrogens with two attached hydrogens (primary N) is 1. The minimum absolute atomic E-state index is 0.146. The number of nitrogens with zero attached hydrogens (tertiary/aromatic N) is 6. The summed E-state index contributed by atoms with van der Waals surface area (Å²) in [5.41, 5.74) is 7.75. The van der Waals surface area contributed by atoms with E-state index in [9.17, 15) is 8.78 Å². The summed E-state index contributed by atoms with van der Waals surface area (Å²) in [5, 5.41) is 8.31. The molecule has 0 amide bonds. The molecule has 2 aromatic heterocycles. The van der Waals surface area contributed by atoms with E-state index in [1.807, 2.05) is 0 Å². The topological polar surface area (TPSA) is 95.0 Å². The zero-order chi connectivity index (χ0) is 20.0. The Labute approximate surface area is 165 Å². The Morgan fingerprint density at radius 3 is 2.69 bits per heavy atom. The molecule has 29 heavy (non-hydrogen) atoms. The quantitative estimate of drug-likeness (QED) is 0.697. The van der Waals surface area contributed by atoms with Gasteiger partial charge in [0.1, 0.15) is 17.5 Å². The van der Waals surface area contributed by atoms with Gasteiger partial charge in [0.05, 0.1) is 19.3 Å². The minimum Gasteiger partial charge on any atom is -0.382 e. The van der Waals surface area contributed by atoms with Crippen LogP contribution in [0, 0.1) is 11.6 Å². The predicted molar refractivity (Wildman–Crippen MR) is 101 cm³/mol. The second-order valence-corrected chi connectivity index (χ2v) is 7.69. The van der Waals surface area contributed by atoms with Crippen molar-refractivity contribution in [3.8, 4) is 0 Å². The van der Waals surface area contributed by atoms with Crippen molar-refractivity contribution in [2.45, 2.75) is 38.0 Å². The molecule has 1 aliphatic carbocycles. The van der Waals surface area contributed by atoms with Crippen molar-refractivity contribution in [2.24, 2.45) is 0 Å². The SMILES string of the molecule is Nc1nc(C2CC2)nc2c1nnn2CC1CN(Cc2cc(F)cc(F)c2)CCO1. The van der Waals surface area contributed by atoms with E-state index in [-0.39, 0.29) is 6.10 Å². The number of hydrogen-bond acceptors (Lipinski definition) is 7. The van der Waals surface area contributed by atoms with Crippen LogP contribution in [0.2, 0.25) is 0 Å². The van der Waals surface area contributed by atoms with Crippen LogP contribution in [-0.2, 0) is 17.8 Å². The second-order valence-electron chi connectivity index (χ2n) is 7.69. The molecule has 1 aliphatic heterocycles. The minimum atomic E-state index is -0.567. The monoisotopic (exact) mass is 401 g/mol. The lowest BCUT2D eigenvalue weighted by Crippen LogP contribution is -2.43. The van der Waals surface area contributed by atoms with Crippen LogP contribution < -0.4 is 5.73 Å². The average molecular weight is 401 g/mol. The van der Waals surface area contributed by atoms with Crippen LogP contribution in [0.3, 0.4) is 0 Å². The van der Waals surface area contributed by atoms with Crippen LogP contribution in [0.4, 0.5) is 14.6 Å². The number of anilines is 1. The van der Waals surface area contributed by atoms with Gasteiger partial charge in [0.2, 0.25) is 0 Å². The third-order valence-corrected chi connectivity index (χ3v) is 5.28. The van der Waals surface area contributed by atoms with Crippen LogP contribution >= 0.6 is 0 Å². The van der Waals surface area contributed by atoms with E-state index in [0.29, 0.717) is 61.2 Å². The number of aromatic nitrogens is 5. The Morgan fingerprint density at radius 2 is 1.93 bits per heavy atom. The molecule has 1 saturated carbocycles. The van der Waals surface area contributed by atoms with Crippen LogP contribution in [0.25, 0.3) is 11.2 Å². The number of benzene rings is 1. The van der Waals surface area contributed by atoms with Crippen molar-refractivity contribution in [1.82, 2.24) is 29.9 Å². The fraction of sp³-hybridized carbons (Fsp3) is 0.474. The largest absolute Gasteiger partial charge is 0.382 e. The number of ether oxygens (including phenoxy) is 1. The van der Waals surface area contributed by atoms with Crippen molar-refractivity contribution in [3.63, 3.8) is 0 Å². The molecule has 152 valence electrons. The van der Waals surface area contributed by atoms with Crippen molar-refractivity contribution in [1.29, 1.82) is 0 Å². The van der Waals surface area contributed by atoms with Gasteiger partial charge in [-0.25, -0.2) is 23.4 Å². The summed E-state index contributed by atoms with van der Waals surface area (Å²) in [5.74, 6) is 0.337. The molecule has 2 aliphatic rings. The highest BCUT2D eigenvalue weighted by atomic mass is 19.1. The Balaban J connectivity index is 1.31. The van der Waals surface area contributed by atoms with Crippen LogP contribution in [0.1, 0.15) is 30.1 Å². The van der Waals surface area contributed by atoms with E-state index in [0.717, 1.165) is 24.7 Å². The molecule has 1 saturated heterocycles. The normalized spacial score (nSPS) is 20.4. The molecule has 5 rings (SSSR count). The zero-order valence-electron chi connectivity index (χ0n) is 15.8. The molecule has 1 atom stereocenters. The highest BCUT2D eigenvalue weighted by Gasteiger charge is 2.29. The first-order valence-electron chi connectivity index (χ1n) is 9.70. The molecule has 10 heteroatoms. The van der Waals surface area contributed by atoms with E-state index < -0.39 is 11.6 Å². The van der Waals surface area contributed by atoms with Gasteiger partial charge in [-0.05, 0) is 30.5 Å². The number of nitrogen functional groups attached to an aromatic ring is 1. The Kier molecular flexibility index (Phi) is 4.59. The number of morpholine rings is 1. The maximum atomic E-state index is 13.5. The van der Waals surface area contributed by atoms with Crippen molar-refractivity contribution in [2.75, 3.05) is 25.4 Å². The van der Waals surface area contributed by atoms with Gasteiger partial charge in [-0.15, -0.1) is 5.10 Å². The Hall–Kier alpha value is -2.72. The third kappa shape index (κ3) is 3.90. The standard InChI is InChI=1S/C19H21F2N7O/c20-13-5-11(6-14(21)7-13)8-27-3-4-29-15(9-27)10-28-19-16(25-26-28)17(22)23-18(24-19)12-1-2-12/h5-7,12,15H,1-4,8-10H2,(H2,22,23,24). The van der Waals surface area contributed by atoms with Gasteiger partial charge in [0.25, 0.3) is 0 Å². The maximum absolute atomic E-state index is 13.5. The molecule has 0 radical (unpaired) electrons. The number of halogens is 2. The molecule has 0 bridgehead atoms. The smallest absolute Gasteiger partial charge is 0.184 e. The number of fused-ring (bicyclic) bond motifs is 1. The number of rotatable bonds is 5. The van der Waals surface area contributed by atoms with E-state index >= 15 is 0 Å². The fourth-order valence-corrected chi connectivity index (χ4v) is 3.73. The maximum Gasteiger partial charge on any atom is 0.184 e. The summed E-state index contributed by atoms with van der Waals surface area (Å²) >= 11 is 0. The molecule has 8 nitrogen and oxygen atoms in total. The molecule has 3 heterocycles. The van der Waals surface area contributed by atoms with Gasteiger partial charge in [-0.2, -0.15) is 0 Å². The zero-order valence-corrected chi connectivity index (χ0v) is 15.8. The summed E-state index contributed by atoms with van der Waals surface area (Å²) in [4.78, 5) is 11.1. The first kappa shape index (κ1) is 18.3. The first-order chi connectivity index (χ1) is 14.0. The lowest BCUT2D eigenvalue weighted by molar-refractivity contribution is -0.0399. The van der Waals surface area contributed by atoms with Gasteiger partial charge < -0.3 is 10.5 Å². The highest BCUT2D eigenvalue weighted by molar-refractivity contribution is 5.80. The highest BCUT2D eigenvalue weighted by Crippen LogP contribution is 2.38. The molecule has 0 spiro atoms. The van der Waals surface area contributed by atoms with Crippen LogP contribution in [-0.4, -0.2) is 55.7 Å². The molecule has 1 aromatic carbocycles. The van der Waals surface area contributed by atoms with E-state index in [4.69, 9.17) is 10.5 Å². The van der Waals surface area contributed by atoms with Gasteiger partial charge in [0.15, 0.2) is 17.0 Å². The molecular weight excluding hydrogens is 380 g/mol. The summed E-state index contributed by atoms with van der Waals surface area (Å²) in [6, 6.07) is 3.60. The van der Waals surface area contributed by atoms with Crippen molar-refractivity contribution >= 4 is 17.0 Å². The van der Waals surface area contributed by atoms with Crippen molar-refractivity contribution < 1.29 is 13.5 Å². The van der Waals surface area contributed by atoms with Crippen molar-refractivity contribution in [3.05, 3.63) is 41.2 Å². The summed E-state index contributed by atoms with van der Waals surface area (Å²) in [7, 11) is 0. The van der Waals surface area contributed by atoms with Gasteiger partial charge in [-0.3, -0.25) is 4.90 Å².